The highest BCUT2D eigenvalue weighted by Crippen LogP contribution is 2.30. The van der Waals surface area contributed by atoms with Crippen molar-refractivity contribution in [1.82, 2.24) is 19.6 Å². The van der Waals surface area contributed by atoms with Crippen molar-refractivity contribution in [2.24, 2.45) is 0 Å². The van der Waals surface area contributed by atoms with Gasteiger partial charge in [-0.2, -0.15) is 5.10 Å². The number of benzene rings is 1. The van der Waals surface area contributed by atoms with Crippen molar-refractivity contribution >= 4 is 16.7 Å². The van der Waals surface area contributed by atoms with E-state index in [1.165, 1.54) is 4.68 Å². The highest BCUT2D eigenvalue weighted by atomic mass is 16.5. The number of amides is 1. The Hall–Kier alpha value is -2.25. The van der Waals surface area contributed by atoms with E-state index in [2.05, 4.69) is 17.0 Å². The van der Waals surface area contributed by atoms with E-state index in [4.69, 9.17) is 4.74 Å². The molecule has 2 aromatic rings. The van der Waals surface area contributed by atoms with Crippen molar-refractivity contribution < 1.29 is 9.53 Å². The van der Waals surface area contributed by atoms with Gasteiger partial charge in [0.05, 0.1) is 11.1 Å². The van der Waals surface area contributed by atoms with Gasteiger partial charge < -0.3 is 9.64 Å². The Kier molecular flexibility index (Phi) is 4.74. The first-order valence-corrected chi connectivity index (χ1v) is 9.53. The molecule has 0 atom stereocenters. The summed E-state index contributed by atoms with van der Waals surface area (Å²) in [5.74, 6) is -0.0433. The van der Waals surface area contributed by atoms with Gasteiger partial charge in [-0.05, 0) is 32.9 Å². The Morgan fingerprint density at radius 1 is 1.19 bits per heavy atom. The van der Waals surface area contributed by atoms with E-state index >= 15 is 0 Å². The number of aromatic nitrogens is 2. The van der Waals surface area contributed by atoms with Crippen LogP contribution >= 0.6 is 0 Å². The van der Waals surface area contributed by atoms with Gasteiger partial charge in [0, 0.05) is 43.8 Å². The molecule has 7 heteroatoms. The van der Waals surface area contributed by atoms with Crippen LogP contribution in [0.2, 0.25) is 0 Å². The van der Waals surface area contributed by atoms with E-state index in [1.807, 2.05) is 30.0 Å². The first-order valence-electron chi connectivity index (χ1n) is 9.53. The first kappa shape index (κ1) is 18.1. The summed E-state index contributed by atoms with van der Waals surface area (Å²) in [6.45, 7) is 5.53. The van der Waals surface area contributed by atoms with Gasteiger partial charge in [-0.1, -0.05) is 18.2 Å². The topological polar surface area (TPSA) is 67.7 Å². The minimum atomic E-state index is -0.209. The molecule has 0 N–H and O–H groups in total. The number of aryl methyl sites for hydroxylation is 1. The molecule has 0 aliphatic carbocycles. The van der Waals surface area contributed by atoms with Crippen LogP contribution in [0.4, 0.5) is 0 Å². The Morgan fingerprint density at radius 3 is 2.63 bits per heavy atom. The Labute approximate surface area is 158 Å². The average Bonchev–Trinajstić information content (AvgIpc) is 2.69. The van der Waals surface area contributed by atoms with Gasteiger partial charge in [0.2, 0.25) is 5.91 Å². The standard InChI is InChI=1S/C20H26N4O3/c1-15-16-5-3-4-6-17(16)19(26)24(21-15)13-18(25)23-10-9-22(2)20(14-23)7-11-27-12-8-20/h3-6H,7-14H2,1-2H3. The Balaban J connectivity index is 1.57. The van der Waals surface area contributed by atoms with Crippen molar-refractivity contribution in [2.75, 3.05) is 39.9 Å². The van der Waals surface area contributed by atoms with Crippen molar-refractivity contribution in [3.05, 3.63) is 40.3 Å². The lowest BCUT2D eigenvalue weighted by Crippen LogP contribution is -2.64. The summed E-state index contributed by atoms with van der Waals surface area (Å²) < 4.78 is 6.84. The molecule has 1 aromatic carbocycles. The lowest BCUT2D eigenvalue weighted by Gasteiger charge is -2.51. The maximum atomic E-state index is 13.0. The zero-order chi connectivity index (χ0) is 19.0. The van der Waals surface area contributed by atoms with Gasteiger partial charge in [-0.3, -0.25) is 14.5 Å². The van der Waals surface area contributed by atoms with Crippen molar-refractivity contribution in [3.63, 3.8) is 0 Å². The van der Waals surface area contributed by atoms with Crippen LogP contribution < -0.4 is 5.56 Å². The molecule has 0 saturated carbocycles. The molecule has 2 aliphatic heterocycles. The van der Waals surface area contributed by atoms with E-state index in [1.54, 1.807) is 6.07 Å². The van der Waals surface area contributed by atoms with Gasteiger partial charge in [0.1, 0.15) is 6.54 Å². The first-order chi connectivity index (χ1) is 13.0. The summed E-state index contributed by atoms with van der Waals surface area (Å²) in [7, 11) is 2.13. The average molecular weight is 370 g/mol. The smallest absolute Gasteiger partial charge is 0.275 e. The molecule has 1 spiro atoms. The quantitative estimate of drug-likeness (QED) is 0.790. The molecule has 1 amide bonds. The predicted octanol–water partition coefficient (Wildman–Crippen LogP) is 1.03. The minimum absolute atomic E-state index is 0.0101. The van der Waals surface area contributed by atoms with E-state index in [-0.39, 0.29) is 23.6 Å². The van der Waals surface area contributed by atoms with Crippen LogP contribution in [0.3, 0.4) is 0 Å². The Morgan fingerprint density at radius 2 is 1.89 bits per heavy atom. The highest BCUT2D eigenvalue weighted by Gasteiger charge is 2.42. The van der Waals surface area contributed by atoms with E-state index < -0.39 is 0 Å². The molecule has 2 saturated heterocycles. The number of carbonyl (C=O) groups excluding carboxylic acids is 1. The number of likely N-dealkylation sites (N-methyl/N-ethyl adjacent to an activating group) is 1. The number of ether oxygens (including phenoxy) is 1. The summed E-state index contributed by atoms with van der Waals surface area (Å²) in [5, 5.41) is 5.83. The number of carbonyl (C=O) groups is 1. The monoisotopic (exact) mass is 370 g/mol. The minimum Gasteiger partial charge on any atom is -0.381 e. The molecule has 0 bridgehead atoms. The molecular formula is C20H26N4O3. The fourth-order valence-electron chi connectivity index (χ4n) is 4.31. The van der Waals surface area contributed by atoms with Crippen LogP contribution in [-0.4, -0.2) is 70.9 Å². The van der Waals surface area contributed by atoms with Gasteiger partial charge >= 0.3 is 0 Å². The lowest BCUT2D eigenvalue weighted by molar-refractivity contribution is -0.140. The summed E-state index contributed by atoms with van der Waals surface area (Å²) in [5.41, 5.74) is 0.542. The highest BCUT2D eigenvalue weighted by molar-refractivity contribution is 5.83. The van der Waals surface area contributed by atoms with Crippen LogP contribution in [0.5, 0.6) is 0 Å². The molecule has 3 heterocycles. The predicted molar refractivity (Wildman–Crippen MR) is 103 cm³/mol. The molecule has 0 radical (unpaired) electrons. The number of rotatable bonds is 2. The van der Waals surface area contributed by atoms with E-state index in [0.29, 0.717) is 18.5 Å². The fraction of sp³-hybridized carbons (Fsp3) is 0.550. The molecule has 4 rings (SSSR count). The second-order valence-corrected chi connectivity index (χ2v) is 7.67. The summed E-state index contributed by atoms with van der Waals surface area (Å²) >= 11 is 0. The third kappa shape index (κ3) is 3.26. The number of piperazine rings is 1. The molecule has 27 heavy (non-hydrogen) atoms. The second kappa shape index (κ2) is 7.05. The van der Waals surface area contributed by atoms with Gasteiger partial charge in [0.25, 0.3) is 5.56 Å². The van der Waals surface area contributed by atoms with Crippen LogP contribution in [0.1, 0.15) is 18.5 Å². The van der Waals surface area contributed by atoms with Gasteiger partial charge in [-0.15, -0.1) is 0 Å². The van der Waals surface area contributed by atoms with Crippen LogP contribution in [0, 0.1) is 6.92 Å². The van der Waals surface area contributed by atoms with E-state index in [9.17, 15) is 9.59 Å². The summed E-state index contributed by atoms with van der Waals surface area (Å²) in [6.07, 6.45) is 1.86. The van der Waals surface area contributed by atoms with Crippen LogP contribution in [0.15, 0.2) is 29.1 Å². The van der Waals surface area contributed by atoms with Crippen molar-refractivity contribution in [3.8, 4) is 0 Å². The number of fused-ring (bicyclic) bond motifs is 1. The third-order valence-electron chi connectivity index (χ3n) is 6.11. The number of hydrogen-bond donors (Lipinski definition) is 0. The molecule has 2 fully saturated rings. The molecular weight excluding hydrogens is 344 g/mol. The zero-order valence-electron chi connectivity index (χ0n) is 16.0. The lowest BCUT2D eigenvalue weighted by atomic mass is 9.86. The van der Waals surface area contributed by atoms with Crippen LogP contribution in [0.25, 0.3) is 10.8 Å². The molecule has 144 valence electrons. The SMILES string of the molecule is Cc1nn(CC(=O)N2CCN(C)C3(CCOCC3)C2)c(=O)c2ccccc12. The molecule has 1 aromatic heterocycles. The normalized spacial score (nSPS) is 20.3. The third-order valence-corrected chi connectivity index (χ3v) is 6.11. The second-order valence-electron chi connectivity index (χ2n) is 7.67. The molecule has 0 unspecified atom stereocenters. The summed E-state index contributed by atoms with van der Waals surface area (Å²) in [6, 6.07) is 7.41. The number of hydrogen-bond acceptors (Lipinski definition) is 5. The van der Waals surface area contributed by atoms with Crippen molar-refractivity contribution in [1.29, 1.82) is 0 Å². The maximum Gasteiger partial charge on any atom is 0.275 e. The molecule has 7 nitrogen and oxygen atoms in total. The Bertz CT molecular complexity index is 917. The largest absolute Gasteiger partial charge is 0.381 e. The maximum absolute atomic E-state index is 13.0. The zero-order valence-corrected chi connectivity index (χ0v) is 16.0. The number of nitrogens with zero attached hydrogens (tertiary/aromatic N) is 4. The fourth-order valence-corrected chi connectivity index (χ4v) is 4.31. The molecule has 2 aliphatic rings. The van der Waals surface area contributed by atoms with Gasteiger partial charge in [0.15, 0.2) is 0 Å². The van der Waals surface area contributed by atoms with E-state index in [0.717, 1.165) is 43.7 Å². The van der Waals surface area contributed by atoms with Crippen molar-refractivity contribution in [2.45, 2.75) is 31.8 Å². The summed E-state index contributed by atoms with van der Waals surface area (Å²) in [4.78, 5) is 30.0. The van der Waals surface area contributed by atoms with Gasteiger partial charge in [-0.25, -0.2) is 4.68 Å². The van der Waals surface area contributed by atoms with Crippen LogP contribution in [-0.2, 0) is 16.1 Å².